The van der Waals surface area contributed by atoms with Crippen molar-refractivity contribution in [2.24, 2.45) is 4.99 Å². The van der Waals surface area contributed by atoms with Gasteiger partial charge in [-0.2, -0.15) is 0 Å². The Morgan fingerprint density at radius 3 is 2.54 bits per heavy atom. The zero-order valence-corrected chi connectivity index (χ0v) is 20.9. The summed E-state index contributed by atoms with van der Waals surface area (Å²) in [5.74, 6) is -0.577. The minimum atomic E-state index is -0.317. The molecule has 5 rings (SSSR count). The third-order valence-electron chi connectivity index (χ3n) is 6.93. The van der Waals surface area contributed by atoms with E-state index in [1.807, 2.05) is 19.1 Å². The van der Waals surface area contributed by atoms with Crippen LogP contribution in [0.1, 0.15) is 59.3 Å². The molecule has 3 N–H and O–H groups in total. The normalized spacial score (nSPS) is 15.3. The molecular weight excluding hydrogens is 467 g/mol. The molecule has 190 valence electrons. The number of aromatic hydroxyl groups is 1. The molecule has 4 aromatic rings. The summed E-state index contributed by atoms with van der Waals surface area (Å²) in [5.41, 5.74) is 4.55. The first-order valence-electron chi connectivity index (χ1n) is 12.7. The first-order chi connectivity index (χ1) is 18.0. The molecule has 0 radical (unpaired) electrons. The van der Waals surface area contributed by atoms with Gasteiger partial charge in [-0.05, 0) is 86.4 Å². The topological polar surface area (TPSA) is 80.7 Å². The van der Waals surface area contributed by atoms with Crippen molar-refractivity contribution in [2.45, 2.75) is 38.8 Å². The van der Waals surface area contributed by atoms with E-state index in [2.05, 4.69) is 32.3 Å². The van der Waals surface area contributed by atoms with Crippen LogP contribution in [-0.4, -0.2) is 40.2 Å². The van der Waals surface area contributed by atoms with E-state index < -0.39 is 0 Å². The van der Waals surface area contributed by atoms with Crippen LogP contribution in [0, 0.1) is 5.82 Å². The van der Waals surface area contributed by atoms with Gasteiger partial charge >= 0.3 is 0 Å². The van der Waals surface area contributed by atoms with Gasteiger partial charge in [-0.25, -0.2) is 4.39 Å². The van der Waals surface area contributed by atoms with Crippen LogP contribution < -0.4 is 5.32 Å². The second kappa shape index (κ2) is 11.0. The lowest BCUT2D eigenvalue weighted by molar-refractivity contribution is 0.0940. The maximum absolute atomic E-state index is 13.2. The van der Waals surface area contributed by atoms with Crippen LogP contribution in [0.4, 0.5) is 10.1 Å². The number of amides is 1. The number of hydrogen-bond acceptors (Lipinski definition) is 4. The van der Waals surface area contributed by atoms with E-state index >= 15 is 0 Å². The van der Waals surface area contributed by atoms with E-state index in [1.165, 1.54) is 37.0 Å². The van der Waals surface area contributed by atoms with Gasteiger partial charge in [-0.15, -0.1) is 0 Å². The number of aromatic amines is 1. The fourth-order valence-corrected chi connectivity index (χ4v) is 4.79. The quantitative estimate of drug-likeness (QED) is 0.264. The van der Waals surface area contributed by atoms with Gasteiger partial charge in [-0.1, -0.05) is 30.7 Å². The second-order valence-corrected chi connectivity index (χ2v) is 9.66. The van der Waals surface area contributed by atoms with Crippen molar-refractivity contribution in [1.82, 2.24) is 15.2 Å². The monoisotopic (exact) mass is 498 g/mol. The summed E-state index contributed by atoms with van der Waals surface area (Å²) in [7, 11) is 0. The van der Waals surface area contributed by atoms with Crippen molar-refractivity contribution in [3.05, 3.63) is 94.8 Å². The SMILES string of the molecule is C[C@@H](NC(=O)c1ccc2[nH]c(O)c(C=Nc3ccc(CN4CCCCC4)cc3)c2c1)c1ccc(F)cc1. The number of piperidine rings is 1. The van der Waals surface area contributed by atoms with E-state index in [0.717, 1.165) is 30.9 Å². The number of nitrogens with one attached hydrogen (secondary N) is 2. The van der Waals surface area contributed by atoms with Gasteiger partial charge in [0.2, 0.25) is 0 Å². The Bertz CT molecular complexity index is 1400. The number of likely N-dealkylation sites (tertiary alicyclic amines) is 1. The van der Waals surface area contributed by atoms with Gasteiger partial charge in [0.1, 0.15) is 5.82 Å². The average Bonchev–Trinajstić information content (AvgIpc) is 3.23. The molecule has 0 saturated carbocycles. The Kier molecular flexibility index (Phi) is 7.32. The highest BCUT2D eigenvalue weighted by Crippen LogP contribution is 2.28. The summed E-state index contributed by atoms with van der Waals surface area (Å²) in [4.78, 5) is 22.9. The lowest BCUT2D eigenvalue weighted by Crippen LogP contribution is -2.28. The number of carbonyl (C=O) groups excluding carboxylic acids is 1. The summed E-state index contributed by atoms with van der Waals surface area (Å²) in [6.45, 7) is 5.12. The molecule has 0 spiro atoms. The zero-order chi connectivity index (χ0) is 25.8. The minimum absolute atomic E-state index is 0.00212. The standard InChI is InChI=1S/C30H31FN4O2/c1-20(22-7-10-24(31)11-8-22)33-29(36)23-9-14-28-26(17-23)27(30(37)34-28)18-32-25-12-5-21(6-13-25)19-35-15-3-2-4-16-35/h5-14,17-18,20,34,37H,2-4,15-16,19H2,1H3,(H,33,36)/t20-/m1/s1. The van der Waals surface area contributed by atoms with Crippen molar-refractivity contribution in [2.75, 3.05) is 13.1 Å². The molecular formula is C30H31FN4O2. The van der Waals surface area contributed by atoms with Crippen molar-refractivity contribution in [3.63, 3.8) is 0 Å². The number of hydrogen-bond donors (Lipinski definition) is 3. The van der Waals surface area contributed by atoms with Crippen molar-refractivity contribution in [1.29, 1.82) is 0 Å². The highest BCUT2D eigenvalue weighted by Gasteiger charge is 2.15. The lowest BCUT2D eigenvalue weighted by Gasteiger charge is -2.26. The number of aliphatic imine (C=N–C) groups is 1. The summed E-state index contributed by atoms with van der Waals surface area (Å²) in [6, 6.07) is 19.1. The number of H-pyrrole nitrogens is 1. The second-order valence-electron chi connectivity index (χ2n) is 9.66. The third-order valence-corrected chi connectivity index (χ3v) is 6.93. The molecule has 0 aliphatic carbocycles. The van der Waals surface area contributed by atoms with Crippen LogP contribution in [0.15, 0.2) is 71.7 Å². The number of fused-ring (bicyclic) bond motifs is 1. The van der Waals surface area contributed by atoms with Crippen molar-refractivity contribution in [3.8, 4) is 5.88 Å². The Hall–Kier alpha value is -3.97. The first-order valence-corrected chi connectivity index (χ1v) is 12.7. The lowest BCUT2D eigenvalue weighted by atomic mass is 10.1. The zero-order valence-electron chi connectivity index (χ0n) is 20.9. The van der Waals surface area contributed by atoms with Crippen molar-refractivity contribution < 1.29 is 14.3 Å². The molecule has 0 bridgehead atoms. The van der Waals surface area contributed by atoms with Gasteiger partial charge in [0.25, 0.3) is 5.91 Å². The van der Waals surface area contributed by atoms with Crippen LogP contribution >= 0.6 is 0 Å². The van der Waals surface area contributed by atoms with E-state index in [1.54, 1.807) is 36.5 Å². The largest absolute Gasteiger partial charge is 0.494 e. The molecule has 1 atom stereocenters. The third kappa shape index (κ3) is 5.89. The molecule has 7 heteroatoms. The molecule has 1 amide bonds. The van der Waals surface area contributed by atoms with Gasteiger partial charge in [-0.3, -0.25) is 14.7 Å². The van der Waals surface area contributed by atoms with Crippen LogP contribution in [-0.2, 0) is 6.54 Å². The molecule has 1 aliphatic rings. The smallest absolute Gasteiger partial charge is 0.251 e. The van der Waals surface area contributed by atoms with Gasteiger partial charge in [0, 0.05) is 29.2 Å². The molecule has 37 heavy (non-hydrogen) atoms. The van der Waals surface area contributed by atoms with Crippen LogP contribution in [0.2, 0.25) is 0 Å². The highest BCUT2D eigenvalue weighted by atomic mass is 19.1. The molecule has 6 nitrogen and oxygen atoms in total. The van der Waals surface area contributed by atoms with E-state index in [9.17, 15) is 14.3 Å². The number of rotatable bonds is 7. The molecule has 1 aromatic heterocycles. The highest BCUT2D eigenvalue weighted by molar-refractivity contribution is 6.06. The minimum Gasteiger partial charge on any atom is -0.494 e. The Labute approximate surface area is 215 Å². The summed E-state index contributed by atoms with van der Waals surface area (Å²) < 4.78 is 13.2. The van der Waals surface area contributed by atoms with Crippen molar-refractivity contribution >= 4 is 28.7 Å². The number of aromatic nitrogens is 1. The van der Waals surface area contributed by atoms with Gasteiger partial charge in [0.15, 0.2) is 5.88 Å². The van der Waals surface area contributed by atoms with Crippen LogP contribution in [0.3, 0.4) is 0 Å². The molecule has 2 heterocycles. The molecule has 1 fully saturated rings. The van der Waals surface area contributed by atoms with Gasteiger partial charge < -0.3 is 15.4 Å². The predicted molar refractivity (Wildman–Crippen MR) is 145 cm³/mol. The molecule has 1 saturated heterocycles. The number of halogens is 1. The Balaban J connectivity index is 1.30. The Morgan fingerprint density at radius 1 is 1.08 bits per heavy atom. The van der Waals surface area contributed by atoms with E-state index in [4.69, 9.17) is 0 Å². The molecule has 3 aromatic carbocycles. The van der Waals surface area contributed by atoms with E-state index in [0.29, 0.717) is 22.0 Å². The maximum atomic E-state index is 13.2. The number of nitrogens with zero attached hydrogens (tertiary/aromatic N) is 2. The summed E-state index contributed by atoms with van der Waals surface area (Å²) >= 11 is 0. The van der Waals surface area contributed by atoms with E-state index in [-0.39, 0.29) is 23.6 Å². The fraction of sp³-hybridized carbons (Fsp3) is 0.267. The van der Waals surface area contributed by atoms with Crippen LogP contribution in [0.5, 0.6) is 5.88 Å². The molecule has 0 unspecified atom stereocenters. The average molecular weight is 499 g/mol. The molecule has 1 aliphatic heterocycles. The summed E-state index contributed by atoms with van der Waals surface area (Å²) in [6.07, 6.45) is 5.49. The maximum Gasteiger partial charge on any atom is 0.251 e. The first kappa shape index (κ1) is 24.7. The van der Waals surface area contributed by atoms with Gasteiger partial charge in [0.05, 0.1) is 17.3 Å². The summed E-state index contributed by atoms with van der Waals surface area (Å²) in [5, 5.41) is 14.1. The number of carbonyl (C=O) groups is 1. The predicted octanol–water partition coefficient (Wildman–Crippen LogP) is 6.24. The Morgan fingerprint density at radius 2 is 1.81 bits per heavy atom. The number of benzene rings is 3. The fourth-order valence-electron chi connectivity index (χ4n) is 4.79. The van der Waals surface area contributed by atoms with Crippen LogP contribution in [0.25, 0.3) is 10.9 Å².